The van der Waals surface area contributed by atoms with Gasteiger partial charge in [0.1, 0.15) is 17.7 Å². The number of aryl methyl sites for hydroxylation is 1. The number of rotatable bonds is 8. The summed E-state index contributed by atoms with van der Waals surface area (Å²) in [5.41, 5.74) is 2.47. The van der Waals surface area contributed by atoms with E-state index in [1.165, 1.54) is 0 Å². The van der Waals surface area contributed by atoms with Gasteiger partial charge in [-0.15, -0.1) is 0 Å². The molecule has 176 valence electrons. The lowest BCUT2D eigenvalue weighted by Gasteiger charge is -2.29. The van der Waals surface area contributed by atoms with Crippen LogP contribution in [0.4, 0.5) is 17.3 Å². The number of carbonyl (C=O) groups is 1. The number of aromatic nitrogens is 2. The molecule has 9 nitrogen and oxygen atoms in total. The summed E-state index contributed by atoms with van der Waals surface area (Å²) in [5, 5.41) is 15.9. The van der Waals surface area contributed by atoms with Crippen LogP contribution >= 0.6 is 0 Å². The van der Waals surface area contributed by atoms with Crippen molar-refractivity contribution in [3.05, 3.63) is 34.9 Å². The standard InChI is InChI=1S/C24H33N7O2/c1-6-11-31(5)22-19(15-25)21(27-20-14-17(23(32)26-3)8-7-16(20)2)28-24(29-22)33-18-9-12-30(4)13-10-18/h7-8,14,18H,6,9-13H2,1-5H3,(H,26,32)(H,27,28,29). The number of amides is 1. The van der Waals surface area contributed by atoms with E-state index < -0.39 is 0 Å². The molecule has 1 aromatic carbocycles. The van der Waals surface area contributed by atoms with Crippen LogP contribution in [0.1, 0.15) is 47.7 Å². The van der Waals surface area contributed by atoms with Crippen molar-refractivity contribution in [2.45, 2.75) is 39.2 Å². The van der Waals surface area contributed by atoms with E-state index in [9.17, 15) is 10.1 Å². The van der Waals surface area contributed by atoms with Gasteiger partial charge in [0.2, 0.25) is 0 Å². The second kappa shape index (κ2) is 11.0. The number of hydrogen-bond acceptors (Lipinski definition) is 8. The number of benzene rings is 1. The number of anilines is 3. The van der Waals surface area contributed by atoms with Gasteiger partial charge in [0.05, 0.1) is 0 Å². The Morgan fingerprint density at radius 2 is 2.06 bits per heavy atom. The lowest BCUT2D eigenvalue weighted by atomic mass is 10.1. The number of likely N-dealkylation sites (tertiary alicyclic amines) is 1. The zero-order valence-corrected chi connectivity index (χ0v) is 20.1. The molecule has 9 heteroatoms. The van der Waals surface area contributed by atoms with Crippen LogP contribution in [0.2, 0.25) is 0 Å². The van der Waals surface area contributed by atoms with E-state index in [4.69, 9.17) is 4.74 Å². The fourth-order valence-electron chi connectivity index (χ4n) is 3.81. The molecular formula is C24H33N7O2. The van der Waals surface area contributed by atoms with Crippen LogP contribution < -0.4 is 20.3 Å². The largest absolute Gasteiger partial charge is 0.460 e. The van der Waals surface area contributed by atoms with Crippen molar-refractivity contribution in [1.82, 2.24) is 20.2 Å². The Morgan fingerprint density at radius 1 is 1.33 bits per heavy atom. The Labute approximate surface area is 195 Å². The number of nitriles is 1. The normalized spacial score (nSPS) is 14.4. The number of hydrogen-bond donors (Lipinski definition) is 2. The minimum Gasteiger partial charge on any atom is -0.460 e. The molecule has 1 saturated heterocycles. The summed E-state index contributed by atoms with van der Waals surface area (Å²) in [7, 11) is 5.60. The van der Waals surface area contributed by atoms with Crippen molar-refractivity contribution >= 4 is 23.2 Å². The third-order valence-corrected chi connectivity index (χ3v) is 5.82. The minimum atomic E-state index is -0.184. The number of ether oxygens (including phenoxy) is 1. The molecule has 1 amide bonds. The van der Waals surface area contributed by atoms with Crippen molar-refractivity contribution in [2.75, 3.05) is 51.0 Å². The lowest BCUT2D eigenvalue weighted by molar-refractivity contribution is 0.0963. The predicted octanol–water partition coefficient (Wildman–Crippen LogP) is 3.08. The average molecular weight is 452 g/mol. The summed E-state index contributed by atoms with van der Waals surface area (Å²) in [5.74, 6) is 0.710. The first-order valence-corrected chi connectivity index (χ1v) is 11.3. The van der Waals surface area contributed by atoms with Gasteiger partial charge in [0.15, 0.2) is 11.6 Å². The Hall–Kier alpha value is -3.38. The molecule has 0 spiro atoms. The molecule has 33 heavy (non-hydrogen) atoms. The van der Waals surface area contributed by atoms with Crippen LogP contribution in [0.15, 0.2) is 18.2 Å². The maximum absolute atomic E-state index is 12.1. The summed E-state index contributed by atoms with van der Waals surface area (Å²) in [4.78, 5) is 25.5. The molecule has 3 rings (SSSR count). The third-order valence-electron chi connectivity index (χ3n) is 5.82. The first-order chi connectivity index (χ1) is 15.9. The Balaban J connectivity index is 2.01. The zero-order chi connectivity index (χ0) is 24.0. The van der Waals surface area contributed by atoms with E-state index in [1.807, 2.05) is 24.9 Å². The van der Waals surface area contributed by atoms with Crippen LogP contribution in [-0.2, 0) is 0 Å². The summed E-state index contributed by atoms with van der Waals surface area (Å²) >= 11 is 0. The van der Waals surface area contributed by atoms with Crippen LogP contribution in [0.25, 0.3) is 0 Å². The summed E-state index contributed by atoms with van der Waals surface area (Å²) in [6.45, 7) is 6.67. The van der Waals surface area contributed by atoms with Gasteiger partial charge in [-0.05, 0) is 50.9 Å². The van der Waals surface area contributed by atoms with Gasteiger partial charge in [-0.1, -0.05) is 13.0 Å². The molecule has 0 bridgehead atoms. The molecule has 0 saturated carbocycles. The predicted molar refractivity (Wildman–Crippen MR) is 129 cm³/mol. The maximum atomic E-state index is 12.1. The van der Waals surface area contributed by atoms with E-state index in [0.717, 1.165) is 44.5 Å². The molecular weight excluding hydrogens is 418 g/mol. The average Bonchev–Trinajstić information content (AvgIpc) is 2.81. The first-order valence-electron chi connectivity index (χ1n) is 11.3. The molecule has 1 aliphatic rings. The van der Waals surface area contributed by atoms with Gasteiger partial charge < -0.3 is 25.2 Å². The molecule has 2 aromatic rings. The second-order valence-electron chi connectivity index (χ2n) is 8.44. The van der Waals surface area contributed by atoms with Crippen LogP contribution in [0.3, 0.4) is 0 Å². The van der Waals surface area contributed by atoms with E-state index in [-0.39, 0.29) is 18.0 Å². The van der Waals surface area contributed by atoms with Crippen molar-refractivity contribution in [2.24, 2.45) is 0 Å². The van der Waals surface area contributed by atoms with E-state index in [0.29, 0.717) is 28.5 Å². The second-order valence-corrected chi connectivity index (χ2v) is 8.44. The molecule has 0 atom stereocenters. The Morgan fingerprint density at radius 3 is 2.70 bits per heavy atom. The van der Waals surface area contributed by atoms with Crippen LogP contribution in [0.5, 0.6) is 6.01 Å². The first kappa shape index (κ1) is 24.3. The van der Waals surface area contributed by atoms with E-state index in [1.54, 1.807) is 19.2 Å². The highest BCUT2D eigenvalue weighted by Crippen LogP contribution is 2.30. The fraction of sp³-hybridized carbons (Fsp3) is 0.500. The molecule has 0 unspecified atom stereocenters. The molecule has 0 aliphatic carbocycles. The number of nitrogens with one attached hydrogen (secondary N) is 2. The summed E-state index contributed by atoms with van der Waals surface area (Å²) in [6, 6.07) is 7.89. The van der Waals surface area contributed by atoms with Gasteiger partial charge >= 0.3 is 6.01 Å². The molecule has 1 aromatic heterocycles. The molecule has 1 aliphatic heterocycles. The minimum absolute atomic E-state index is 0.0321. The smallest absolute Gasteiger partial charge is 0.320 e. The SMILES string of the molecule is CCCN(C)c1nc(OC2CCN(C)CC2)nc(Nc2cc(C(=O)NC)ccc2C)c1C#N. The maximum Gasteiger partial charge on any atom is 0.320 e. The monoisotopic (exact) mass is 451 g/mol. The lowest BCUT2D eigenvalue weighted by Crippen LogP contribution is -2.36. The van der Waals surface area contributed by atoms with Crippen molar-refractivity contribution < 1.29 is 9.53 Å². The molecule has 1 fully saturated rings. The summed E-state index contributed by atoms with van der Waals surface area (Å²) < 4.78 is 6.17. The summed E-state index contributed by atoms with van der Waals surface area (Å²) in [6.07, 6.45) is 2.74. The highest BCUT2D eigenvalue weighted by Gasteiger charge is 2.23. The fourth-order valence-corrected chi connectivity index (χ4v) is 3.81. The third kappa shape index (κ3) is 5.90. The quantitative estimate of drug-likeness (QED) is 0.631. The van der Waals surface area contributed by atoms with Crippen molar-refractivity contribution in [1.29, 1.82) is 5.26 Å². The van der Waals surface area contributed by atoms with Gasteiger partial charge in [0.25, 0.3) is 5.91 Å². The van der Waals surface area contributed by atoms with E-state index in [2.05, 4.69) is 45.5 Å². The van der Waals surface area contributed by atoms with Crippen molar-refractivity contribution in [3.8, 4) is 12.1 Å². The van der Waals surface area contributed by atoms with Gasteiger partial charge in [0, 0.05) is 45.0 Å². The van der Waals surface area contributed by atoms with Crippen LogP contribution in [-0.4, -0.2) is 67.7 Å². The van der Waals surface area contributed by atoms with Gasteiger partial charge in [-0.2, -0.15) is 15.2 Å². The Bertz CT molecular complexity index is 1030. The number of nitrogens with zero attached hydrogens (tertiary/aromatic N) is 5. The van der Waals surface area contributed by atoms with Crippen molar-refractivity contribution in [3.63, 3.8) is 0 Å². The molecule has 0 radical (unpaired) electrons. The highest BCUT2D eigenvalue weighted by molar-refractivity contribution is 5.95. The van der Waals surface area contributed by atoms with Crippen LogP contribution in [0, 0.1) is 18.3 Å². The van der Waals surface area contributed by atoms with E-state index >= 15 is 0 Å². The Kier molecular flexibility index (Phi) is 8.06. The number of carbonyl (C=O) groups excluding carboxylic acids is 1. The van der Waals surface area contributed by atoms with Gasteiger partial charge in [-0.3, -0.25) is 4.79 Å². The molecule has 2 heterocycles. The zero-order valence-electron chi connectivity index (χ0n) is 20.1. The topological polar surface area (TPSA) is 106 Å². The van der Waals surface area contributed by atoms with Gasteiger partial charge in [-0.25, -0.2) is 0 Å². The molecule has 2 N–H and O–H groups in total. The number of piperidine rings is 1. The highest BCUT2D eigenvalue weighted by atomic mass is 16.5.